The summed E-state index contributed by atoms with van der Waals surface area (Å²) in [4.78, 5) is 12.5. The van der Waals surface area contributed by atoms with Crippen LogP contribution >= 0.6 is 22.6 Å². The lowest BCUT2D eigenvalue weighted by atomic mass is 9.92. The minimum atomic E-state index is 0.0762. The van der Waals surface area contributed by atoms with Gasteiger partial charge < -0.3 is 0 Å². The molecule has 1 saturated carbocycles. The lowest BCUT2D eigenvalue weighted by Gasteiger charge is -2.11. The van der Waals surface area contributed by atoms with Gasteiger partial charge in [0, 0.05) is 12.0 Å². The summed E-state index contributed by atoms with van der Waals surface area (Å²) in [7, 11) is 0. The first-order valence-corrected chi connectivity index (χ1v) is 9.86. The second kappa shape index (κ2) is 12.3. The number of hydrogen-bond acceptors (Lipinski definition) is 3. The maximum absolute atomic E-state index is 12.5. The van der Waals surface area contributed by atoms with Gasteiger partial charge in [-0.3, -0.25) is 4.79 Å². The summed E-state index contributed by atoms with van der Waals surface area (Å²) in [6.07, 6.45) is 12.7. The van der Waals surface area contributed by atoms with Gasteiger partial charge in [0.05, 0.1) is 0 Å². The van der Waals surface area contributed by atoms with E-state index in [4.69, 9.17) is 0 Å². The molecule has 1 fully saturated rings. The van der Waals surface area contributed by atoms with Crippen LogP contribution in [0.5, 0.6) is 0 Å². The van der Waals surface area contributed by atoms with Gasteiger partial charge in [-0.2, -0.15) is 10.5 Å². The third-order valence-electron chi connectivity index (χ3n) is 4.34. The van der Waals surface area contributed by atoms with Crippen molar-refractivity contribution >= 4 is 28.4 Å². The lowest BCUT2D eigenvalue weighted by Crippen LogP contribution is -2.07. The fourth-order valence-electron chi connectivity index (χ4n) is 2.99. The van der Waals surface area contributed by atoms with Crippen molar-refractivity contribution in [1.82, 2.24) is 0 Å². The average Bonchev–Trinajstić information content (AvgIpc) is 2.56. The molecule has 0 aromatic heterocycles. The Kier molecular flexibility index (Phi) is 10.6. The van der Waals surface area contributed by atoms with Crippen LogP contribution in [0.25, 0.3) is 0 Å². The number of allylic oxidation sites excluding steroid dienone is 3. The van der Waals surface area contributed by atoms with Crippen molar-refractivity contribution < 1.29 is 4.79 Å². The van der Waals surface area contributed by atoms with Gasteiger partial charge in [0.2, 0.25) is 0 Å². The van der Waals surface area contributed by atoms with Crippen LogP contribution in [0, 0.1) is 22.7 Å². The quantitative estimate of drug-likeness (QED) is 0.276. The molecule has 0 aromatic carbocycles. The second-order valence-electron chi connectivity index (χ2n) is 6.06. The molecule has 0 aromatic rings. The molecule has 0 unspecified atom stereocenters. The van der Waals surface area contributed by atoms with Gasteiger partial charge in [-0.15, -0.1) is 0 Å². The van der Waals surface area contributed by atoms with E-state index in [2.05, 4.69) is 22.6 Å². The van der Waals surface area contributed by atoms with E-state index in [1.165, 1.54) is 38.5 Å². The Labute approximate surface area is 153 Å². The maximum Gasteiger partial charge on any atom is 0.163 e. The Morgan fingerprint density at radius 2 is 1.26 bits per heavy atom. The highest BCUT2D eigenvalue weighted by molar-refractivity contribution is 14.1. The highest BCUT2D eigenvalue weighted by atomic mass is 127. The third kappa shape index (κ3) is 7.31. The van der Waals surface area contributed by atoms with Crippen LogP contribution in [0.4, 0.5) is 0 Å². The molecule has 0 bridgehead atoms. The minimum Gasteiger partial charge on any atom is -0.294 e. The van der Waals surface area contributed by atoms with Crippen LogP contribution < -0.4 is 0 Å². The number of rotatable bonds is 0. The van der Waals surface area contributed by atoms with Gasteiger partial charge in [0.25, 0.3) is 0 Å². The zero-order valence-electron chi connectivity index (χ0n) is 13.7. The molecule has 23 heavy (non-hydrogen) atoms. The summed E-state index contributed by atoms with van der Waals surface area (Å²) >= 11 is 2.06. The first kappa shape index (κ1) is 19.9. The number of carbonyl (C=O) groups is 1. The van der Waals surface area contributed by atoms with Crippen molar-refractivity contribution in [3.05, 3.63) is 20.8 Å². The molecular formula is C19H25IN2O. The van der Waals surface area contributed by atoms with Crippen LogP contribution in [0.2, 0.25) is 0 Å². The molecule has 3 nitrogen and oxygen atoms in total. The first-order valence-electron chi connectivity index (χ1n) is 8.62. The smallest absolute Gasteiger partial charge is 0.163 e. The van der Waals surface area contributed by atoms with Crippen LogP contribution in [0.3, 0.4) is 0 Å². The van der Waals surface area contributed by atoms with E-state index in [-0.39, 0.29) is 11.4 Å². The zero-order chi connectivity index (χ0) is 16.9. The lowest BCUT2D eigenvalue weighted by molar-refractivity contribution is -0.115. The summed E-state index contributed by atoms with van der Waals surface area (Å²) in [6, 6.07) is 3.95. The SMILES string of the molecule is N#CC(C#N)=C1CCCCCCCCCCCCC(=O)/C1=C\I. The van der Waals surface area contributed by atoms with Gasteiger partial charge >= 0.3 is 0 Å². The van der Waals surface area contributed by atoms with Gasteiger partial charge in [-0.25, -0.2) is 0 Å². The largest absolute Gasteiger partial charge is 0.294 e. The van der Waals surface area contributed by atoms with Gasteiger partial charge in [0.1, 0.15) is 17.7 Å². The van der Waals surface area contributed by atoms with Crippen LogP contribution in [0.1, 0.15) is 77.0 Å². The number of carbonyl (C=O) groups excluding carboxylic acids is 1. The predicted octanol–water partition coefficient (Wildman–Crippen LogP) is 5.91. The third-order valence-corrected chi connectivity index (χ3v) is 4.96. The monoisotopic (exact) mass is 424 g/mol. The molecule has 0 N–H and O–H groups in total. The molecule has 0 saturated heterocycles. The van der Waals surface area contributed by atoms with E-state index < -0.39 is 0 Å². The van der Waals surface area contributed by atoms with Gasteiger partial charge in [0.15, 0.2) is 5.78 Å². The van der Waals surface area contributed by atoms with Gasteiger partial charge in [-0.05, 0) is 28.9 Å². The first-order chi connectivity index (χ1) is 11.2. The normalized spacial score (nSPS) is 20.9. The standard InChI is InChI=1S/C19H25IN2O/c20-13-18-17(16(14-21)15-22)11-9-7-5-3-1-2-4-6-8-10-12-19(18)23/h13H,1-12H2/b18-13-. The molecule has 0 aliphatic heterocycles. The van der Waals surface area contributed by atoms with Crippen molar-refractivity contribution in [3.8, 4) is 12.1 Å². The van der Waals surface area contributed by atoms with Crippen LogP contribution in [0.15, 0.2) is 20.8 Å². The summed E-state index contributed by atoms with van der Waals surface area (Å²) < 4.78 is 1.75. The Morgan fingerprint density at radius 3 is 1.70 bits per heavy atom. The van der Waals surface area contributed by atoms with E-state index in [0.717, 1.165) is 25.7 Å². The van der Waals surface area contributed by atoms with Crippen molar-refractivity contribution in [2.75, 3.05) is 0 Å². The molecule has 1 rings (SSSR count). The molecule has 0 heterocycles. The molecule has 0 spiro atoms. The Balaban J connectivity index is 2.94. The Hall–Kier alpha value is -1.14. The number of Topliss-reactive ketones (excluding diaryl/α,β-unsaturated/α-hetero) is 1. The van der Waals surface area contributed by atoms with Crippen molar-refractivity contribution in [2.45, 2.75) is 77.0 Å². The molecule has 1 aliphatic rings. The van der Waals surface area contributed by atoms with E-state index in [1.807, 2.05) is 12.1 Å². The molecule has 0 amide bonds. The zero-order valence-corrected chi connectivity index (χ0v) is 15.9. The number of hydrogen-bond donors (Lipinski definition) is 0. The van der Waals surface area contributed by atoms with Crippen LogP contribution in [-0.2, 0) is 4.79 Å². The van der Waals surface area contributed by atoms with Crippen molar-refractivity contribution in [3.63, 3.8) is 0 Å². The molecule has 4 heteroatoms. The number of ketones is 1. The summed E-state index contributed by atoms with van der Waals surface area (Å²) in [6.45, 7) is 0. The highest BCUT2D eigenvalue weighted by Crippen LogP contribution is 2.26. The molecular weight excluding hydrogens is 399 g/mol. The molecule has 1 aliphatic carbocycles. The minimum absolute atomic E-state index is 0.0762. The summed E-state index contributed by atoms with van der Waals surface area (Å²) in [5, 5.41) is 18.4. The number of halogens is 1. The van der Waals surface area contributed by atoms with Crippen molar-refractivity contribution in [1.29, 1.82) is 10.5 Å². The Morgan fingerprint density at radius 1 is 0.826 bits per heavy atom. The van der Waals surface area contributed by atoms with E-state index >= 15 is 0 Å². The summed E-state index contributed by atoms with van der Waals surface area (Å²) in [5.41, 5.74) is 1.34. The predicted molar refractivity (Wildman–Crippen MR) is 101 cm³/mol. The van der Waals surface area contributed by atoms with Crippen LogP contribution in [-0.4, -0.2) is 5.78 Å². The fourth-order valence-corrected chi connectivity index (χ4v) is 3.71. The fraction of sp³-hybridized carbons (Fsp3) is 0.632. The van der Waals surface area contributed by atoms with E-state index in [9.17, 15) is 15.3 Å². The van der Waals surface area contributed by atoms with Gasteiger partial charge in [-0.1, -0.05) is 74.0 Å². The molecule has 0 atom stereocenters. The number of nitriles is 2. The maximum atomic E-state index is 12.5. The number of nitrogens with zero attached hydrogens (tertiary/aromatic N) is 2. The molecule has 124 valence electrons. The van der Waals surface area contributed by atoms with Crippen molar-refractivity contribution in [2.24, 2.45) is 0 Å². The highest BCUT2D eigenvalue weighted by Gasteiger charge is 2.18. The second-order valence-corrected chi connectivity index (χ2v) is 6.68. The van der Waals surface area contributed by atoms with E-state index in [1.54, 1.807) is 4.08 Å². The average molecular weight is 424 g/mol. The Bertz CT molecular complexity index is 519. The topological polar surface area (TPSA) is 64.7 Å². The molecule has 0 radical (unpaired) electrons. The van der Waals surface area contributed by atoms with E-state index in [0.29, 0.717) is 24.0 Å². The summed E-state index contributed by atoms with van der Waals surface area (Å²) in [5.74, 6) is 0.0762.